The van der Waals surface area contributed by atoms with Gasteiger partial charge in [0.05, 0.1) is 6.61 Å². The second-order valence-electron chi connectivity index (χ2n) is 3.11. The van der Waals surface area contributed by atoms with Crippen molar-refractivity contribution in [3.63, 3.8) is 0 Å². The predicted molar refractivity (Wildman–Crippen MR) is 52.6 cm³/mol. The Hall–Kier alpha value is -1.28. The van der Waals surface area contributed by atoms with E-state index in [-0.39, 0.29) is 13.2 Å². The summed E-state index contributed by atoms with van der Waals surface area (Å²) in [5.74, 6) is -0.824. The quantitative estimate of drug-likeness (QED) is 0.855. The van der Waals surface area contributed by atoms with Gasteiger partial charge in [0.15, 0.2) is 5.69 Å². The second kappa shape index (κ2) is 4.92. The molecule has 5 nitrogen and oxygen atoms in total. The van der Waals surface area contributed by atoms with E-state index in [1.54, 1.807) is 0 Å². The summed E-state index contributed by atoms with van der Waals surface area (Å²) < 4.78 is 38.0. The molecule has 0 atom stereocenters. The molecule has 0 radical (unpaired) electrons. The fourth-order valence-electron chi connectivity index (χ4n) is 1.18. The third kappa shape index (κ3) is 2.89. The van der Waals surface area contributed by atoms with Gasteiger partial charge in [-0.25, -0.2) is 0 Å². The van der Waals surface area contributed by atoms with Gasteiger partial charge in [-0.15, -0.1) is 0 Å². The maximum Gasteiger partial charge on any atom is 0.436 e. The second-order valence-corrected chi connectivity index (χ2v) is 3.49. The highest BCUT2D eigenvalue weighted by Gasteiger charge is 2.39. The van der Waals surface area contributed by atoms with Gasteiger partial charge in [0, 0.05) is 13.6 Å². The number of hydrogen-bond acceptors (Lipinski definition) is 3. The molecule has 1 heterocycles. The molecule has 0 aromatic carbocycles. The van der Waals surface area contributed by atoms with Gasteiger partial charge in [0.25, 0.3) is 5.91 Å². The highest BCUT2D eigenvalue weighted by molar-refractivity contribution is 6.34. The molecule has 0 aliphatic rings. The summed E-state index contributed by atoms with van der Waals surface area (Å²) in [5, 5.41) is 13.1. The van der Waals surface area contributed by atoms with Crippen molar-refractivity contribution in [2.75, 3.05) is 13.2 Å². The Kier molecular flexibility index (Phi) is 3.99. The van der Waals surface area contributed by atoms with E-state index < -0.39 is 28.5 Å². The van der Waals surface area contributed by atoms with Crippen LogP contribution in [0.15, 0.2) is 0 Å². The molecule has 1 amide bonds. The highest BCUT2D eigenvalue weighted by atomic mass is 35.5. The van der Waals surface area contributed by atoms with Crippen LogP contribution in [0.25, 0.3) is 0 Å². The first-order chi connectivity index (χ1) is 7.79. The first kappa shape index (κ1) is 13.8. The number of alkyl halides is 3. The number of aliphatic hydroxyl groups excluding tert-OH is 1. The average molecular weight is 272 g/mol. The van der Waals surface area contributed by atoms with Gasteiger partial charge in [-0.1, -0.05) is 11.6 Å². The Balaban J connectivity index is 3.10. The maximum absolute atomic E-state index is 12.4. The lowest BCUT2D eigenvalue weighted by molar-refractivity contribution is -0.141. The lowest BCUT2D eigenvalue weighted by Gasteiger charge is -2.03. The number of nitrogens with one attached hydrogen (secondary N) is 1. The van der Waals surface area contributed by atoms with Crippen LogP contribution in [-0.2, 0) is 13.2 Å². The number of halogens is 4. The van der Waals surface area contributed by atoms with Crippen molar-refractivity contribution in [3.05, 3.63) is 16.4 Å². The Morgan fingerprint density at radius 1 is 1.59 bits per heavy atom. The van der Waals surface area contributed by atoms with Gasteiger partial charge in [0.1, 0.15) is 10.7 Å². The fourth-order valence-corrected chi connectivity index (χ4v) is 1.53. The number of hydrogen-bond donors (Lipinski definition) is 2. The third-order valence-corrected chi connectivity index (χ3v) is 2.23. The van der Waals surface area contributed by atoms with E-state index in [0.717, 1.165) is 4.68 Å². The average Bonchev–Trinajstić information content (AvgIpc) is 2.50. The number of carbonyl (C=O) groups is 1. The minimum atomic E-state index is -4.72. The lowest BCUT2D eigenvalue weighted by Crippen LogP contribution is -2.28. The molecule has 0 saturated heterocycles. The lowest BCUT2D eigenvalue weighted by atomic mass is 10.3. The van der Waals surface area contributed by atoms with Crippen LogP contribution in [0.2, 0.25) is 5.02 Å². The zero-order chi connectivity index (χ0) is 13.2. The molecule has 0 bridgehead atoms. The molecular formula is C8H9ClF3N3O2. The van der Waals surface area contributed by atoms with Gasteiger partial charge >= 0.3 is 6.18 Å². The van der Waals surface area contributed by atoms with Crippen LogP contribution in [0.4, 0.5) is 13.2 Å². The summed E-state index contributed by atoms with van der Waals surface area (Å²) >= 11 is 5.46. The smallest absolute Gasteiger partial charge is 0.395 e. The molecule has 9 heteroatoms. The minimum absolute atomic E-state index is 0.0817. The monoisotopic (exact) mass is 271 g/mol. The summed E-state index contributed by atoms with van der Waals surface area (Å²) in [7, 11) is 1.18. The van der Waals surface area contributed by atoms with E-state index in [0.29, 0.717) is 0 Å². The first-order valence-electron chi connectivity index (χ1n) is 4.47. The van der Waals surface area contributed by atoms with Crippen molar-refractivity contribution in [3.8, 4) is 0 Å². The van der Waals surface area contributed by atoms with Crippen molar-refractivity contribution >= 4 is 17.5 Å². The summed E-state index contributed by atoms with van der Waals surface area (Å²) in [6, 6.07) is 0. The van der Waals surface area contributed by atoms with Crippen molar-refractivity contribution in [2.24, 2.45) is 7.05 Å². The zero-order valence-electron chi connectivity index (χ0n) is 8.68. The van der Waals surface area contributed by atoms with Crippen LogP contribution in [-0.4, -0.2) is 33.9 Å². The maximum atomic E-state index is 12.4. The van der Waals surface area contributed by atoms with Crippen molar-refractivity contribution in [1.82, 2.24) is 15.1 Å². The molecular weight excluding hydrogens is 263 g/mol. The molecule has 1 aromatic heterocycles. The first-order valence-corrected chi connectivity index (χ1v) is 4.85. The van der Waals surface area contributed by atoms with E-state index in [1.165, 1.54) is 7.05 Å². The van der Waals surface area contributed by atoms with Gasteiger partial charge in [0.2, 0.25) is 0 Å². The highest BCUT2D eigenvalue weighted by Crippen LogP contribution is 2.35. The minimum Gasteiger partial charge on any atom is -0.395 e. The van der Waals surface area contributed by atoms with Gasteiger partial charge in [-0.05, 0) is 0 Å². The number of nitrogens with zero attached hydrogens (tertiary/aromatic N) is 2. The molecule has 2 N–H and O–H groups in total. The van der Waals surface area contributed by atoms with Gasteiger partial charge in [-0.2, -0.15) is 18.3 Å². The summed E-state index contributed by atoms with van der Waals surface area (Å²) in [4.78, 5) is 11.5. The van der Waals surface area contributed by atoms with Crippen molar-refractivity contribution in [2.45, 2.75) is 6.18 Å². The largest absolute Gasteiger partial charge is 0.436 e. The standard InChI is InChI=1S/C8H9ClF3N3O2/c1-15-5(7(17)13-2-3-16)4(9)6(14-15)8(10,11)12/h16H,2-3H2,1H3,(H,13,17). The Morgan fingerprint density at radius 2 is 2.18 bits per heavy atom. The summed E-state index contributed by atoms with van der Waals surface area (Å²) in [6.07, 6.45) is -4.72. The Morgan fingerprint density at radius 3 is 2.59 bits per heavy atom. The number of aryl methyl sites for hydroxylation is 1. The number of amides is 1. The molecule has 0 aliphatic carbocycles. The van der Waals surface area contributed by atoms with Gasteiger partial charge < -0.3 is 10.4 Å². The third-order valence-electron chi connectivity index (χ3n) is 1.87. The van der Waals surface area contributed by atoms with Gasteiger partial charge in [-0.3, -0.25) is 9.48 Å². The van der Waals surface area contributed by atoms with Crippen molar-refractivity contribution < 1.29 is 23.1 Å². The topological polar surface area (TPSA) is 67.2 Å². The van der Waals surface area contributed by atoms with E-state index in [9.17, 15) is 18.0 Å². The molecule has 1 aromatic rings. The van der Waals surface area contributed by atoms with Crippen molar-refractivity contribution in [1.29, 1.82) is 0 Å². The Bertz CT molecular complexity index is 430. The molecule has 1 rings (SSSR count). The SMILES string of the molecule is Cn1nc(C(F)(F)F)c(Cl)c1C(=O)NCCO. The van der Waals surface area contributed by atoms with Crippen LogP contribution >= 0.6 is 11.6 Å². The fraction of sp³-hybridized carbons (Fsp3) is 0.500. The van der Waals surface area contributed by atoms with Crippen LogP contribution in [0, 0.1) is 0 Å². The number of rotatable bonds is 3. The molecule has 0 saturated carbocycles. The number of aliphatic hydroxyl groups is 1. The summed E-state index contributed by atoms with van der Waals surface area (Å²) in [5.41, 5.74) is -1.71. The molecule has 96 valence electrons. The van der Waals surface area contributed by atoms with Crippen LogP contribution in [0.5, 0.6) is 0 Å². The molecule has 0 aliphatic heterocycles. The number of aromatic nitrogens is 2. The predicted octanol–water partition coefficient (Wildman–Crippen LogP) is 0.814. The van der Waals surface area contributed by atoms with Crippen LogP contribution in [0.3, 0.4) is 0 Å². The zero-order valence-corrected chi connectivity index (χ0v) is 9.43. The van der Waals surface area contributed by atoms with E-state index in [1.807, 2.05) is 0 Å². The van der Waals surface area contributed by atoms with E-state index in [4.69, 9.17) is 16.7 Å². The van der Waals surface area contributed by atoms with Crippen LogP contribution < -0.4 is 5.32 Å². The summed E-state index contributed by atoms with van der Waals surface area (Å²) in [6.45, 7) is -0.408. The van der Waals surface area contributed by atoms with E-state index >= 15 is 0 Å². The molecule has 0 fully saturated rings. The molecule has 0 unspecified atom stereocenters. The number of carbonyl (C=O) groups excluding carboxylic acids is 1. The normalized spacial score (nSPS) is 11.6. The van der Waals surface area contributed by atoms with E-state index in [2.05, 4.69) is 10.4 Å². The molecule has 17 heavy (non-hydrogen) atoms. The molecule has 0 spiro atoms. The Labute approximate surface area is 99.2 Å². The van der Waals surface area contributed by atoms with Crippen LogP contribution in [0.1, 0.15) is 16.2 Å².